The highest BCUT2D eigenvalue weighted by molar-refractivity contribution is 5.96. The van der Waals surface area contributed by atoms with Gasteiger partial charge in [-0.3, -0.25) is 14.3 Å². The van der Waals surface area contributed by atoms with Crippen LogP contribution < -0.4 is 11.5 Å². The summed E-state index contributed by atoms with van der Waals surface area (Å²) in [6.45, 7) is 1.21. The van der Waals surface area contributed by atoms with E-state index in [1.807, 2.05) is 0 Å². The van der Waals surface area contributed by atoms with Gasteiger partial charge in [0.05, 0.1) is 6.04 Å². The zero-order valence-electron chi connectivity index (χ0n) is 9.26. The van der Waals surface area contributed by atoms with Crippen molar-refractivity contribution in [3.05, 3.63) is 17.5 Å². The summed E-state index contributed by atoms with van der Waals surface area (Å²) >= 11 is 0. The molecule has 1 saturated heterocycles. The summed E-state index contributed by atoms with van der Waals surface area (Å²) in [7, 11) is 0. The lowest BCUT2D eigenvalue weighted by molar-refractivity contribution is 0.0643. The Morgan fingerprint density at radius 3 is 2.47 bits per heavy atom. The molecule has 1 aliphatic heterocycles. The number of hydrogen-bond donors (Lipinski definition) is 2. The van der Waals surface area contributed by atoms with Gasteiger partial charge in [-0.1, -0.05) is 0 Å². The highest BCUT2D eigenvalue weighted by Gasteiger charge is 2.23. The second-order valence-corrected chi connectivity index (χ2v) is 3.93. The first-order valence-corrected chi connectivity index (χ1v) is 5.36. The van der Waals surface area contributed by atoms with Crippen molar-refractivity contribution in [1.82, 2.24) is 9.78 Å². The van der Waals surface area contributed by atoms with Crippen LogP contribution >= 0.6 is 0 Å². The molecule has 4 N–H and O–H groups in total. The largest absolute Gasteiger partial charge is 0.381 e. The van der Waals surface area contributed by atoms with E-state index in [0.717, 1.165) is 12.8 Å². The van der Waals surface area contributed by atoms with Crippen LogP contribution in [0.3, 0.4) is 0 Å². The Morgan fingerprint density at radius 1 is 1.29 bits per heavy atom. The molecule has 1 aromatic heterocycles. The van der Waals surface area contributed by atoms with Crippen LogP contribution in [0, 0.1) is 0 Å². The lowest BCUT2D eigenvalue weighted by Gasteiger charge is -2.23. The zero-order valence-corrected chi connectivity index (χ0v) is 9.26. The lowest BCUT2D eigenvalue weighted by Crippen LogP contribution is -2.26. The van der Waals surface area contributed by atoms with Crippen molar-refractivity contribution in [3.63, 3.8) is 0 Å². The predicted octanol–water partition coefficient (Wildman–Crippen LogP) is -0.568. The summed E-state index contributed by atoms with van der Waals surface area (Å²) in [5.41, 5.74) is 10.7. The maximum atomic E-state index is 11.3. The fraction of sp³-hybridized carbons (Fsp3) is 0.500. The van der Waals surface area contributed by atoms with Crippen molar-refractivity contribution >= 4 is 11.8 Å². The highest BCUT2D eigenvalue weighted by atomic mass is 16.5. The van der Waals surface area contributed by atoms with E-state index >= 15 is 0 Å². The molecule has 0 aliphatic carbocycles. The number of hydrogen-bond acceptors (Lipinski definition) is 4. The van der Waals surface area contributed by atoms with Gasteiger partial charge >= 0.3 is 0 Å². The summed E-state index contributed by atoms with van der Waals surface area (Å²) in [6, 6.07) is 1.36. The number of primary amides is 2. The number of aromatic nitrogens is 2. The normalized spacial score (nSPS) is 16.9. The van der Waals surface area contributed by atoms with Gasteiger partial charge in [0.1, 0.15) is 5.69 Å². The summed E-state index contributed by atoms with van der Waals surface area (Å²) in [5, 5.41) is 4.04. The van der Waals surface area contributed by atoms with Crippen molar-refractivity contribution in [1.29, 1.82) is 0 Å². The van der Waals surface area contributed by atoms with Crippen LogP contribution in [0.1, 0.15) is 39.9 Å². The third kappa shape index (κ3) is 2.28. The molecule has 0 aromatic carbocycles. The predicted molar refractivity (Wildman–Crippen MR) is 58.4 cm³/mol. The van der Waals surface area contributed by atoms with Gasteiger partial charge in [0.15, 0.2) is 5.69 Å². The summed E-state index contributed by atoms with van der Waals surface area (Å²) in [5.74, 6) is -1.28. The van der Waals surface area contributed by atoms with Gasteiger partial charge in [-0.05, 0) is 12.8 Å². The molecule has 1 fully saturated rings. The van der Waals surface area contributed by atoms with E-state index < -0.39 is 11.8 Å². The molecular weight excluding hydrogens is 224 g/mol. The number of rotatable bonds is 3. The monoisotopic (exact) mass is 238 g/mol. The summed E-state index contributed by atoms with van der Waals surface area (Å²) < 4.78 is 6.72. The molecule has 0 unspecified atom stereocenters. The van der Waals surface area contributed by atoms with E-state index in [2.05, 4.69) is 5.10 Å². The molecule has 2 rings (SSSR count). The maximum absolute atomic E-state index is 11.3. The second kappa shape index (κ2) is 4.54. The number of amides is 2. The minimum Gasteiger partial charge on any atom is -0.381 e. The Kier molecular flexibility index (Phi) is 3.10. The minimum atomic E-state index is -0.668. The van der Waals surface area contributed by atoms with Crippen LogP contribution in [-0.2, 0) is 4.74 Å². The highest BCUT2D eigenvalue weighted by Crippen LogP contribution is 2.22. The zero-order chi connectivity index (χ0) is 12.4. The second-order valence-electron chi connectivity index (χ2n) is 3.93. The van der Waals surface area contributed by atoms with Gasteiger partial charge in [-0.25, -0.2) is 0 Å². The minimum absolute atomic E-state index is 0.0272. The van der Waals surface area contributed by atoms with E-state index in [1.165, 1.54) is 10.7 Å². The molecule has 7 nitrogen and oxygen atoms in total. The molecule has 2 amide bonds. The van der Waals surface area contributed by atoms with Crippen molar-refractivity contribution in [2.24, 2.45) is 11.5 Å². The average molecular weight is 238 g/mol. The van der Waals surface area contributed by atoms with Crippen LogP contribution in [0.25, 0.3) is 0 Å². The quantitative estimate of drug-likeness (QED) is 0.734. The Morgan fingerprint density at radius 2 is 1.94 bits per heavy atom. The molecule has 7 heteroatoms. The number of nitrogens with two attached hydrogens (primary N) is 2. The van der Waals surface area contributed by atoms with Crippen LogP contribution in [0.15, 0.2) is 6.07 Å². The molecule has 1 aromatic rings. The molecule has 0 bridgehead atoms. The molecule has 92 valence electrons. The lowest BCUT2D eigenvalue weighted by atomic mass is 10.1. The smallest absolute Gasteiger partial charge is 0.269 e. The van der Waals surface area contributed by atoms with E-state index in [0.29, 0.717) is 13.2 Å². The molecule has 0 spiro atoms. The van der Waals surface area contributed by atoms with Crippen molar-refractivity contribution < 1.29 is 14.3 Å². The van der Waals surface area contributed by atoms with Gasteiger partial charge in [0.2, 0.25) is 0 Å². The molecule has 17 heavy (non-hydrogen) atoms. The summed E-state index contributed by atoms with van der Waals surface area (Å²) in [4.78, 5) is 22.3. The molecule has 2 heterocycles. The summed E-state index contributed by atoms with van der Waals surface area (Å²) in [6.07, 6.45) is 1.47. The number of carbonyl (C=O) groups is 2. The van der Waals surface area contributed by atoms with Gasteiger partial charge in [-0.2, -0.15) is 5.10 Å². The van der Waals surface area contributed by atoms with E-state index in [9.17, 15) is 9.59 Å². The molecule has 0 radical (unpaired) electrons. The third-order valence-corrected chi connectivity index (χ3v) is 2.78. The van der Waals surface area contributed by atoms with E-state index in [-0.39, 0.29) is 17.4 Å². The Balaban J connectivity index is 2.36. The molecule has 0 saturated carbocycles. The first kappa shape index (κ1) is 11.6. The standard InChI is InChI=1S/C10H14N4O3/c11-9(15)7-5-8(10(12)16)14(13-7)6-1-3-17-4-2-6/h5-6H,1-4H2,(H2,11,15)(H2,12,16). The van der Waals surface area contributed by atoms with Gasteiger partial charge in [-0.15, -0.1) is 0 Å². The molecular formula is C10H14N4O3. The first-order chi connectivity index (χ1) is 8.09. The molecule has 0 atom stereocenters. The fourth-order valence-electron chi connectivity index (χ4n) is 1.91. The van der Waals surface area contributed by atoms with Crippen LogP contribution in [0.4, 0.5) is 0 Å². The SMILES string of the molecule is NC(=O)c1cc(C(N)=O)n(C2CCOCC2)n1. The van der Waals surface area contributed by atoms with Crippen molar-refractivity contribution in [2.75, 3.05) is 13.2 Å². The Labute approximate surface area is 97.7 Å². The number of nitrogens with zero attached hydrogens (tertiary/aromatic N) is 2. The first-order valence-electron chi connectivity index (χ1n) is 5.36. The topological polar surface area (TPSA) is 113 Å². The van der Waals surface area contributed by atoms with Crippen LogP contribution in [-0.4, -0.2) is 34.8 Å². The van der Waals surface area contributed by atoms with Crippen LogP contribution in [0.5, 0.6) is 0 Å². The molecule has 1 aliphatic rings. The third-order valence-electron chi connectivity index (χ3n) is 2.78. The van der Waals surface area contributed by atoms with Gasteiger partial charge in [0.25, 0.3) is 11.8 Å². The average Bonchev–Trinajstić information content (AvgIpc) is 2.75. The number of carbonyl (C=O) groups excluding carboxylic acids is 2. The van der Waals surface area contributed by atoms with E-state index in [1.54, 1.807) is 0 Å². The van der Waals surface area contributed by atoms with Gasteiger partial charge in [0, 0.05) is 19.3 Å². The van der Waals surface area contributed by atoms with Crippen molar-refractivity contribution in [2.45, 2.75) is 18.9 Å². The van der Waals surface area contributed by atoms with Crippen LogP contribution in [0.2, 0.25) is 0 Å². The maximum Gasteiger partial charge on any atom is 0.269 e. The Hall–Kier alpha value is -1.89. The Bertz CT molecular complexity index is 448. The number of ether oxygens (including phenoxy) is 1. The van der Waals surface area contributed by atoms with E-state index in [4.69, 9.17) is 16.2 Å². The fourth-order valence-corrected chi connectivity index (χ4v) is 1.91. The van der Waals surface area contributed by atoms with Gasteiger partial charge < -0.3 is 16.2 Å². The van der Waals surface area contributed by atoms with Crippen molar-refractivity contribution in [3.8, 4) is 0 Å².